The molecule has 9 heteroatoms. The Bertz CT molecular complexity index is 853. The van der Waals surface area contributed by atoms with E-state index in [2.05, 4.69) is 10.6 Å². The summed E-state index contributed by atoms with van der Waals surface area (Å²) in [5, 5.41) is 5.38. The molecule has 2 aromatic rings. The number of para-hydroxylation sites is 2. The van der Waals surface area contributed by atoms with Crippen LogP contribution in [0.25, 0.3) is 0 Å². The number of hydrogen-bond acceptors (Lipinski definition) is 6. The van der Waals surface area contributed by atoms with Crippen molar-refractivity contribution in [3.63, 3.8) is 0 Å². The highest BCUT2D eigenvalue weighted by Gasteiger charge is 2.22. The zero-order valence-corrected chi connectivity index (χ0v) is 18.9. The molecule has 174 valence electrons. The van der Waals surface area contributed by atoms with Gasteiger partial charge in [-0.05, 0) is 50.2 Å². The maximum Gasteiger partial charge on any atom is 0.322 e. The lowest BCUT2D eigenvalue weighted by Gasteiger charge is -2.27. The van der Waals surface area contributed by atoms with Crippen LogP contribution in [0.3, 0.4) is 0 Å². The van der Waals surface area contributed by atoms with Gasteiger partial charge in [-0.1, -0.05) is 12.1 Å². The number of amides is 3. The Labute approximate surface area is 188 Å². The minimum Gasteiger partial charge on any atom is -0.497 e. The summed E-state index contributed by atoms with van der Waals surface area (Å²) in [7, 11) is 3.09. The molecule has 0 spiro atoms. The molecule has 2 rings (SSSR count). The van der Waals surface area contributed by atoms with Gasteiger partial charge in [0, 0.05) is 18.9 Å². The fourth-order valence-corrected chi connectivity index (χ4v) is 2.94. The molecule has 0 fully saturated rings. The van der Waals surface area contributed by atoms with Gasteiger partial charge < -0.3 is 29.6 Å². The van der Waals surface area contributed by atoms with E-state index in [1.54, 1.807) is 55.6 Å². The van der Waals surface area contributed by atoms with Gasteiger partial charge in [-0.3, -0.25) is 9.69 Å². The van der Waals surface area contributed by atoms with E-state index in [9.17, 15) is 9.59 Å². The number of methoxy groups -OCH3 is 2. The van der Waals surface area contributed by atoms with Gasteiger partial charge >= 0.3 is 6.03 Å². The Hall–Kier alpha value is -3.30. The Kier molecular flexibility index (Phi) is 10.3. The van der Waals surface area contributed by atoms with Gasteiger partial charge in [-0.25, -0.2) is 4.79 Å². The molecule has 2 N–H and O–H groups in total. The maximum absolute atomic E-state index is 13.0. The van der Waals surface area contributed by atoms with Crippen LogP contribution in [0.1, 0.15) is 13.8 Å². The second kappa shape index (κ2) is 13.2. The third-order valence-corrected chi connectivity index (χ3v) is 4.45. The van der Waals surface area contributed by atoms with Crippen molar-refractivity contribution in [1.82, 2.24) is 5.32 Å². The summed E-state index contributed by atoms with van der Waals surface area (Å²) in [6.07, 6.45) is -0.611. The van der Waals surface area contributed by atoms with E-state index < -0.39 is 12.3 Å². The largest absolute Gasteiger partial charge is 0.497 e. The Morgan fingerprint density at radius 3 is 2.19 bits per heavy atom. The molecular weight excluding hydrogens is 414 g/mol. The number of nitrogens with one attached hydrogen (secondary N) is 2. The molecule has 0 heterocycles. The van der Waals surface area contributed by atoms with Crippen molar-refractivity contribution in [3.8, 4) is 11.5 Å². The number of nitrogens with zero attached hydrogens (tertiary/aromatic N) is 1. The van der Waals surface area contributed by atoms with Crippen LogP contribution in [0.5, 0.6) is 11.5 Å². The van der Waals surface area contributed by atoms with Crippen LogP contribution in [-0.2, 0) is 14.3 Å². The van der Waals surface area contributed by atoms with Crippen LogP contribution in [-0.4, -0.2) is 58.8 Å². The summed E-state index contributed by atoms with van der Waals surface area (Å²) >= 11 is 0. The molecule has 0 radical (unpaired) electrons. The number of ether oxygens (including phenoxy) is 4. The SMILES string of the molecule is CCOC(CN(C(=O)NCC(=O)Nc1ccccc1OC)c1ccc(OC)cc1)OCC. The third-order valence-electron chi connectivity index (χ3n) is 4.45. The molecule has 0 aliphatic carbocycles. The summed E-state index contributed by atoms with van der Waals surface area (Å²) in [6, 6.07) is 13.6. The Morgan fingerprint density at radius 2 is 1.59 bits per heavy atom. The topological polar surface area (TPSA) is 98.4 Å². The fourth-order valence-electron chi connectivity index (χ4n) is 2.94. The molecule has 0 aliphatic heterocycles. The van der Waals surface area contributed by atoms with E-state index >= 15 is 0 Å². The van der Waals surface area contributed by atoms with Crippen LogP contribution < -0.4 is 25.0 Å². The lowest BCUT2D eigenvalue weighted by molar-refractivity contribution is -0.128. The van der Waals surface area contributed by atoms with E-state index in [-0.39, 0.29) is 19.0 Å². The van der Waals surface area contributed by atoms with Crippen molar-refractivity contribution in [2.75, 3.05) is 50.7 Å². The monoisotopic (exact) mass is 445 g/mol. The molecule has 0 bridgehead atoms. The molecule has 0 unspecified atom stereocenters. The van der Waals surface area contributed by atoms with Crippen LogP contribution >= 0.6 is 0 Å². The Morgan fingerprint density at radius 1 is 0.938 bits per heavy atom. The number of benzene rings is 2. The van der Waals surface area contributed by atoms with E-state index in [1.807, 2.05) is 13.8 Å². The molecule has 0 saturated carbocycles. The van der Waals surface area contributed by atoms with Gasteiger partial charge in [0.1, 0.15) is 11.5 Å². The van der Waals surface area contributed by atoms with Crippen molar-refractivity contribution in [1.29, 1.82) is 0 Å². The predicted molar refractivity (Wildman–Crippen MR) is 122 cm³/mol. The highest BCUT2D eigenvalue weighted by atomic mass is 16.7. The van der Waals surface area contributed by atoms with Gasteiger partial charge in [-0.15, -0.1) is 0 Å². The molecule has 0 atom stereocenters. The van der Waals surface area contributed by atoms with Crippen LogP contribution in [0.15, 0.2) is 48.5 Å². The lowest BCUT2D eigenvalue weighted by Crippen LogP contribution is -2.47. The molecule has 0 saturated heterocycles. The van der Waals surface area contributed by atoms with Gasteiger partial charge in [0.2, 0.25) is 5.91 Å². The van der Waals surface area contributed by atoms with E-state index in [4.69, 9.17) is 18.9 Å². The number of hydrogen-bond donors (Lipinski definition) is 2. The average Bonchev–Trinajstić information content (AvgIpc) is 2.81. The van der Waals surface area contributed by atoms with Gasteiger partial charge in [-0.2, -0.15) is 0 Å². The van der Waals surface area contributed by atoms with Gasteiger partial charge in [0.25, 0.3) is 0 Å². The summed E-state index contributed by atoms with van der Waals surface area (Å²) in [6.45, 7) is 4.50. The zero-order valence-electron chi connectivity index (χ0n) is 18.9. The van der Waals surface area contributed by atoms with Crippen molar-refractivity contribution < 1.29 is 28.5 Å². The second-order valence-corrected chi connectivity index (χ2v) is 6.56. The van der Waals surface area contributed by atoms with Crippen molar-refractivity contribution in [2.45, 2.75) is 20.1 Å². The average molecular weight is 446 g/mol. The summed E-state index contributed by atoms with van der Waals surface area (Å²) in [5.74, 6) is 0.809. The molecule has 32 heavy (non-hydrogen) atoms. The minimum atomic E-state index is -0.611. The molecule has 2 aromatic carbocycles. The van der Waals surface area contributed by atoms with Crippen molar-refractivity contribution >= 4 is 23.3 Å². The fraction of sp³-hybridized carbons (Fsp3) is 0.391. The minimum absolute atomic E-state index is 0.147. The molecule has 0 aromatic heterocycles. The maximum atomic E-state index is 13.0. The molecule has 9 nitrogen and oxygen atoms in total. The third kappa shape index (κ3) is 7.44. The normalized spacial score (nSPS) is 10.5. The quantitative estimate of drug-likeness (QED) is 0.487. The van der Waals surface area contributed by atoms with Gasteiger partial charge in [0.15, 0.2) is 6.29 Å². The lowest BCUT2D eigenvalue weighted by atomic mass is 10.2. The smallest absolute Gasteiger partial charge is 0.322 e. The predicted octanol–water partition coefficient (Wildman–Crippen LogP) is 3.26. The zero-order chi connectivity index (χ0) is 23.3. The number of urea groups is 1. The Balaban J connectivity index is 2.09. The molecular formula is C23H31N3O6. The number of carbonyl (C=O) groups excluding carboxylic acids is 2. The van der Waals surface area contributed by atoms with E-state index in [0.29, 0.717) is 36.1 Å². The van der Waals surface area contributed by atoms with Crippen molar-refractivity contribution in [3.05, 3.63) is 48.5 Å². The van der Waals surface area contributed by atoms with Crippen molar-refractivity contribution in [2.24, 2.45) is 0 Å². The summed E-state index contributed by atoms with van der Waals surface area (Å²) in [5.41, 5.74) is 1.13. The van der Waals surface area contributed by atoms with Gasteiger partial charge in [0.05, 0.1) is 33.0 Å². The standard InChI is InChI=1S/C23H31N3O6/c1-5-31-22(32-6-2)16-26(17-11-13-18(29-3)14-12-17)23(28)24-15-21(27)25-19-9-7-8-10-20(19)30-4/h7-14,22H,5-6,15-16H2,1-4H3,(H,24,28)(H,25,27). The number of carbonyl (C=O) groups is 2. The second-order valence-electron chi connectivity index (χ2n) is 6.56. The van der Waals surface area contributed by atoms with Crippen LogP contribution in [0, 0.1) is 0 Å². The first-order valence-electron chi connectivity index (χ1n) is 10.4. The summed E-state index contributed by atoms with van der Waals surface area (Å²) < 4.78 is 21.6. The number of anilines is 2. The molecule has 0 aliphatic rings. The highest BCUT2D eigenvalue weighted by molar-refractivity contribution is 5.98. The number of rotatable bonds is 12. The van der Waals surface area contributed by atoms with Crippen LogP contribution in [0.2, 0.25) is 0 Å². The first-order valence-corrected chi connectivity index (χ1v) is 10.4. The first-order chi connectivity index (χ1) is 15.5. The van der Waals surface area contributed by atoms with E-state index in [0.717, 1.165) is 0 Å². The van der Waals surface area contributed by atoms with E-state index in [1.165, 1.54) is 12.0 Å². The highest BCUT2D eigenvalue weighted by Crippen LogP contribution is 2.23. The van der Waals surface area contributed by atoms with Crippen LogP contribution in [0.4, 0.5) is 16.2 Å². The molecule has 3 amide bonds. The first kappa shape index (κ1) is 25.0. The summed E-state index contributed by atoms with van der Waals surface area (Å²) in [4.78, 5) is 26.8.